The van der Waals surface area contributed by atoms with E-state index in [1.54, 1.807) is 0 Å². The summed E-state index contributed by atoms with van der Waals surface area (Å²) in [5.74, 6) is 0.520. The largest absolute Gasteiger partial charge is 0.508 e. The zero-order valence-corrected chi connectivity index (χ0v) is 17.7. The molecule has 0 heterocycles. The van der Waals surface area contributed by atoms with E-state index in [-0.39, 0.29) is 0 Å². The average Bonchev–Trinajstić information content (AvgIpc) is 2.64. The van der Waals surface area contributed by atoms with Gasteiger partial charge in [0.25, 0.3) is 0 Å². The summed E-state index contributed by atoms with van der Waals surface area (Å²) in [6.45, 7) is 4.54. The molecule has 0 fully saturated rings. The first kappa shape index (κ1) is 23.1. The monoisotopic (exact) mass is 360 g/mol. The molecule has 1 heteroatoms. The van der Waals surface area contributed by atoms with Crippen molar-refractivity contribution in [1.29, 1.82) is 0 Å². The van der Waals surface area contributed by atoms with Crippen LogP contribution in [0.15, 0.2) is 18.2 Å². The number of rotatable bonds is 17. The van der Waals surface area contributed by atoms with Gasteiger partial charge in [-0.05, 0) is 42.9 Å². The number of benzene rings is 1. The van der Waals surface area contributed by atoms with Crippen molar-refractivity contribution in [2.45, 2.75) is 123 Å². The van der Waals surface area contributed by atoms with Crippen molar-refractivity contribution in [3.8, 4) is 5.75 Å². The van der Waals surface area contributed by atoms with Crippen molar-refractivity contribution in [2.75, 3.05) is 0 Å². The predicted octanol–water partition coefficient (Wildman–Crippen LogP) is 8.37. The molecule has 1 N–H and O–H groups in total. The number of hydrogen-bond donors (Lipinski definition) is 1. The third kappa shape index (κ3) is 10.9. The lowest BCUT2D eigenvalue weighted by molar-refractivity contribution is 0.464. The summed E-state index contributed by atoms with van der Waals surface area (Å²) in [5, 5.41) is 10.3. The van der Waals surface area contributed by atoms with Gasteiger partial charge in [0.2, 0.25) is 0 Å². The smallest absolute Gasteiger partial charge is 0.119 e. The van der Waals surface area contributed by atoms with Crippen LogP contribution in [-0.4, -0.2) is 5.11 Å². The van der Waals surface area contributed by atoms with Crippen LogP contribution >= 0.6 is 0 Å². The van der Waals surface area contributed by atoms with Crippen LogP contribution in [0.2, 0.25) is 0 Å². The molecule has 1 rings (SSSR count). The standard InChI is InChI=1S/C25H44O/c1-3-5-7-9-10-11-12-13-15-17-21-24-23(20-18-22-25(24)26)19-16-14-8-6-4-2/h18,20,22,26H,3-17,19,21H2,1-2H3. The molecule has 0 aromatic heterocycles. The minimum Gasteiger partial charge on any atom is -0.508 e. The molecular formula is C25H44O. The predicted molar refractivity (Wildman–Crippen MR) is 116 cm³/mol. The van der Waals surface area contributed by atoms with Gasteiger partial charge in [-0.3, -0.25) is 0 Å². The highest BCUT2D eigenvalue weighted by Crippen LogP contribution is 2.25. The highest BCUT2D eigenvalue weighted by atomic mass is 16.3. The minimum atomic E-state index is 0.520. The first-order valence-electron chi connectivity index (χ1n) is 11.6. The van der Waals surface area contributed by atoms with E-state index in [2.05, 4.69) is 19.9 Å². The van der Waals surface area contributed by atoms with Crippen LogP contribution in [-0.2, 0) is 12.8 Å². The van der Waals surface area contributed by atoms with E-state index in [0.717, 1.165) is 12.8 Å². The molecule has 0 atom stereocenters. The highest BCUT2D eigenvalue weighted by Gasteiger charge is 2.07. The summed E-state index contributed by atoms with van der Waals surface area (Å²) in [7, 11) is 0. The minimum absolute atomic E-state index is 0.520. The van der Waals surface area contributed by atoms with Crippen LogP contribution in [0.25, 0.3) is 0 Å². The summed E-state index contributed by atoms with van der Waals surface area (Å²) in [5.41, 5.74) is 2.61. The molecule has 1 aromatic carbocycles. The number of phenolic OH excluding ortho intramolecular Hbond substituents is 1. The van der Waals surface area contributed by atoms with E-state index >= 15 is 0 Å². The van der Waals surface area contributed by atoms with E-state index in [4.69, 9.17) is 0 Å². The molecule has 0 spiro atoms. The Balaban J connectivity index is 2.18. The Hall–Kier alpha value is -0.980. The molecule has 1 aromatic rings. The molecule has 0 aliphatic carbocycles. The normalized spacial score (nSPS) is 11.2. The maximum atomic E-state index is 10.3. The topological polar surface area (TPSA) is 20.2 Å². The lowest BCUT2D eigenvalue weighted by Gasteiger charge is -2.12. The number of aryl methyl sites for hydroxylation is 1. The van der Waals surface area contributed by atoms with E-state index in [0.29, 0.717) is 5.75 Å². The number of unbranched alkanes of at least 4 members (excludes halogenated alkanes) is 13. The molecule has 0 bridgehead atoms. The molecule has 0 amide bonds. The van der Waals surface area contributed by atoms with Gasteiger partial charge in [0.05, 0.1) is 0 Å². The van der Waals surface area contributed by atoms with Crippen molar-refractivity contribution in [3.63, 3.8) is 0 Å². The number of phenols is 1. The Kier molecular flexibility index (Phi) is 14.4. The molecule has 0 radical (unpaired) electrons. The molecule has 1 nitrogen and oxygen atoms in total. The van der Waals surface area contributed by atoms with E-state index in [1.165, 1.54) is 107 Å². The Labute approximate surface area is 163 Å². The van der Waals surface area contributed by atoms with Gasteiger partial charge in [0.1, 0.15) is 5.75 Å². The summed E-state index contributed by atoms with van der Waals surface area (Å²) < 4.78 is 0. The zero-order chi connectivity index (χ0) is 18.9. The van der Waals surface area contributed by atoms with Crippen molar-refractivity contribution in [1.82, 2.24) is 0 Å². The summed E-state index contributed by atoms with van der Waals surface area (Å²) in [4.78, 5) is 0. The Morgan fingerprint density at radius 3 is 1.58 bits per heavy atom. The Morgan fingerprint density at radius 2 is 1.04 bits per heavy atom. The lowest BCUT2D eigenvalue weighted by atomic mass is 9.95. The molecule has 0 aliphatic rings. The van der Waals surface area contributed by atoms with Gasteiger partial charge in [-0.25, -0.2) is 0 Å². The SMILES string of the molecule is CCCCCCCCCCCCc1c(O)cccc1CCCCCCC. The van der Waals surface area contributed by atoms with Gasteiger partial charge in [0.15, 0.2) is 0 Å². The maximum absolute atomic E-state index is 10.3. The lowest BCUT2D eigenvalue weighted by Crippen LogP contribution is -1.96. The molecule has 0 saturated carbocycles. The molecule has 0 unspecified atom stereocenters. The van der Waals surface area contributed by atoms with Crippen molar-refractivity contribution in [3.05, 3.63) is 29.3 Å². The van der Waals surface area contributed by atoms with Gasteiger partial charge < -0.3 is 5.11 Å². The maximum Gasteiger partial charge on any atom is 0.119 e. The third-order valence-electron chi connectivity index (χ3n) is 5.58. The molecule has 0 aliphatic heterocycles. The van der Waals surface area contributed by atoms with Gasteiger partial charge >= 0.3 is 0 Å². The quantitative estimate of drug-likeness (QED) is 0.277. The Bertz CT molecular complexity index is 438. The second-order valence-corrected chi connectivity index (χ2v) is 8.01. The van der Waals surface area contributed by atoms with Crippen LogP contribution < -0.4 is 0 Å². The van der Waals surface area contributed by atoms with Gasteiger partial charge in [-0.1, -0.05) is 109 Å². The van der Waals surface area contributed by atoms with Crippen molar-refractivity contribution in [2.24, 2.45) is 0 Å². The van der Waals surface area contributed by atoms with E-state index in [1.807, 2.05) is 12.1 Å². The summed E-state index contributed by atoms with van der Waals surface area (Å²) in [6, 6.07) is 6.11. The highest BCUT2D eigenvalue weighted by molar-refractivity contribution is 5.39. The fourth-order valence-corrected chi connectivity index (χ4v) is 3.85. The van der Waals surface area contributed by atoms with Crippen LogP contribution in [0.3, 0.4) is 0 Å². The van der Waals surface area contributed by atoms with Crippen LogP contribution in [0.4, 0.5) is 0 Å². The van der Waals surface area contributed by atoms with E-state index in [9.17, 15) is 5.11 Å². The second-order valence-electron chi connectivity index (χ2n) is 8.01. The molecular weight excluding hydrogens is 316 g/mol. The first-order valence-corrected chi connectivity index (χ1v) is 11.6. The fourth-order valence-electron chi connectivity index (χ4n) is 3.85. The van der Waals surface area contributed by atoms with Gasteiger partial charge in [0, 0.05) is 0 Å². The average molecular weight is 361 g/mol. The van der Waals surface area contributed by atoms with Gasteiger partial charge in [-0.2, -0.15) is 0 Å². The van der Waals surface area contributed by atoms with Crippen LogP contribution in [0.5, 0.6) is 5.75 Å². The first-order chi connectivity index (χ1) is 12.8. The Morgan fingerprint density at radius 1 is 0.577 bits per heavy atom. The second kappa shape index (κ2) is 16.2. The van der Waals surface area contributed by atoms with Gasteiger partial charge in [-0.15, -0.1) is 0 Å². The molecule has 150 valence electrons. The third-order valence-corrected chi connectivity index (χ3v) is 5.58. The fraction of sp³-hybridized carbons (Fsp3) is 0.760. The van der Waals surface area contributed by atoms with Crippen LogP contribution in [0.1, 0.15) is 121 Å². The molecule has 26 heavy (non-hydrogen) atoms. The summed E-state index contributed by atoms with van der Waals surface area (Å²) in [6.07, 6.45) is 22.4. The van der Waals surface area contributed by atoms with Crippen LogP contribution in [0, 0.1) is 0 Å². The van der Waals surface area contributed by atoms with Crippen molar-refractivity contribution >= 4 is 0 Å². The molecule has 0 saturated heterocycles. The summed E-state index contributed by atoms with van der Waals surface area (Å²) >= 11 is 0. The van der Waals surface area contributed by atoms with Crippen molar-refractivity contribution < 1.29 is 5.11 Å². The van der Waals surface area contributed by atoms with E-state index < -0.39 is 0 Å². The number of aromatic hydroxyl groups is 1. The number of hydrogen-bond acceptors (Lipinski definition) is 1. The zero-order valence-electron chi connectivity index (χ0n) is 17.7.